The molecule has 2 aromatic carbocycles. The molecule has 6 nitrogen and oxygen atoms in total. The third kappa shape index (κ3) is 5.28. The van der Waals surface area contributed by atoms with Crippen LogP contribution < -0.4 is 20.3 Å². The van der Waals surface area contributed by atoms with E-state index in [2.05, 4.69) is 38.7 Å². The SMILES string of the molecule is COc1ccc(Br)c(CNC2CCC(Nc3nc(N(C)C)c4ccccc4n3)CC2)c1. The summed E-state index contributed by atoms with van der Waals surface area (Å²) in [6.45, 7) is 0.834. The van der Waals surface area contributed by atoms with Crippen molar-refractivity contribution in [2.45, 2.75) is 44.3 Å². The van der Waals surface area contributed by atoms with Crippen LogP contribution >= 0.6 is 15.9 Å². The molecule has 0 amide bonds. The average molecular weight is 484 g/mol. The Morgan fingerprint density at radius 2 is 1.77 bits per heavy atom. The second-order valence-corrected chi connectivity index (χ2v) is 9.17. The summed E-state index contributed by atoms with van der Waals surface area (Å²) >= 11 is 3.64. The monoisotopic (exact) mass is 483 g/mol. The number of methoxy groups -OCH3 is 1. The lowest BCUT2D eigenvalue weighted by Crippen LogP contribution is -2.37. The molecule has 0 radical (unpaired) electrons. The summed E-state index contributed by atoms with van der Waals surface area (Å²) < 4.78 is 6.46. The lowest BCUT2D eigenvalue weighted by molar-refractivity contribution is 0.351. The summed E-state index contributed by atoms with van der Waals surface area (Å²) in [5.41, 5.74) is 2.20. The molecule has 164 valence electrons. The van der Waals surface area contributed by atoms with Gasteiger partial charge in [-0.3, -0.25) is 0 Å². The van der Waals surface area contributed by atoms with Gasteiger partial charge in [0.15, 0.2) is 0 Å². The first-order valence-electron chi connectivity index (χ1n) is 10.8. The number of hydrogen-bond acceptors (Lipinski definition) is 6. The van der Waals surface area contributed by atoms with E-state index >= 15 is 0 Å². The predicted octanol–water partition coefficient (Wildman–Crippen LogP) is 4.98. The molecule has 3 aromatic rings. The molecule has 7 heteroatoms. The molecule has 1 aliphatic carbocycles. The van der Waals surface area contributed by atoms with Gasteiger partial charge in [-0.2, -0.15) is 4.98 Å². The Kier molecular flexibility index (Phi) is 6.92. The van der Waals surface area contributed by atoms with Crippen LogP contribution in [0.2, 0.25) is 0 Å². The number of anilines is 2. The Balaban J connectivity index is 1.34. The topological polar surface area (TPSA) is 62.3 Å². The molecule has 1 saturated carbocycles. The van der Waals surface area contributed by atoms with Crippen LogP contribution in [-0.2, 0) is 6.54 Å². The van der Waals surface area contributed by atoms with Crippen LogP contribution in [-0.4, -0.2) is 43.3 Å². The van der Waals surface area contributed by atoms with E-state index in [4.69, 9.17) is 14.7 Å². The molecule has 0 aliphatic heterocycles. The van der Waals surface area contributed by atoms with Crippen molar-refractivity contribution in [3.05, 3.63) is 52.5 Å². The third-order valence-corrected chi connectivity index (χ3v) is 6.67. The van der Waals surface area contributed by atoms with Crippen molar-refractivity contribution in [3.8, 4) is 5.75 Å². The van der Waals surface area contributed by atoms with Gasteiger partial charge in [-0.05, 0) is 61.6 Å². The quantitative estimate of drug-likeness (QED) is 0.493. The van der Waals surface area contributed by atoms with E-state index in [9.17, 15) is 0 Å². The van der Waals surface area contributed by atoms with Gasteiger partial charge in [0.25, 0.3) is 0 Å². The van der Waals surface area contributed by atoms with E-state index in [-0.39, 0.29) is 0 Å². The van der Waals surface area contributed by atoms with Crippen molar-refractivity contribution >= 4 is 38.6 Å². The largest absolute Gasteiger partial charge is 0.497 e. The average Bonchev–Trinajstić information content (AvgIpc) is 2.79. The fourth-order valence-corrected chi connectivity index (χ4v) is 4.54. The summed E-state index contributed by atoms with van der Waals surface area (Å²) in [6, 6.07) is 15.2. The number of para-hydroxylation sites is 1. The Morgan fingerprint density at radius 1 is 1.03 bits per heavy atom. The zero-order chi connectivity index (χ0) is 21.8. The number of halogens is 1. The second-order valence-electron chi connectivity index (χ2n) is 8.31. The molecule has 2 N–H and O–H groups in total. The summed E-state index contributed by atoms with van der Waals surface area (Å²) in [5, 5.41) is 8.38. The van der Waals surface area contributed by atoms with Crippen molar-refractivity contribution in [2.24, 2.45) is 0 Å². The maximum absolute atomic E-state index is 5.35. The van der Waals surface area contributed by atoms with Crippen molar-refractivity contribution < 1.29 is 4.74 Å². The van der Waals surface area contributed by atoms with Crippen LogP contribution in [0.5, 0.6) is 5.75 Å². The first kappa shape index (κ1) is 21.8. The molecule has 0 bridgehead atoms. The molecule has 1 fully saturated rings. The Bertz CT molecular complexity index is 1030. The molecular formula is C24H30BrN5O. The molecular weight excluding hydrogens is 454 g/mol. The Hall–Kier alpha value is -2.38. The minimum atomic E-state index is 0.401. The molecule has 0 atom stereocenters. The van der Waals surface area contributed by atoms with Crippen LogP contribution in [0.3, 0.4) is 0 Å². The van der Waals surface area contributed by atoms with Crippen molar-refractivity contribution in [3.63, 3.8) is 0 Å². The Morgan fingerprint density at radius 3 is 2.52 bits per heavy atom. The van der Waals surface area contributed by atoms with Gasteiger partial charge in [0, 0.05) is 42.6 Å². The van der Waals surface area contributed by atoms with Gasteiger partial charge in [-0.25, -0.2) is 4.98 Å². The van der Waals surface area contributed by atoms with Gasteiger partial charge in [0.1, 0.15) is 11.6 Å². The molecule has 0 spiro atoms. The summed E-state index contributed by atoms with van der Waals surface area (Å²) in [6.07, 6.45) is 4.47. The minimum absolute atomic E-state index is 0.401. The number of ether oxygens (including phenoxy) is 1. The van der Waals surface area contributed by atoms with Gasteiger partial charge >= 0.3 is 0 Å². The number of hydrogen-bond donors (Lipinski definition) is 2. The van der Waals surface area contributed by atoms with Gasteiger partial charge < -0.3 is 20.3 Å². The fourth-order valence-electron chi connectivity index (χ4n) is 4.16. The number of aromatic nitrogens is 2. The maximum Gasteiger partial charge on any atom is 0.225 e. The Labute approximate surface area is 192 Å². The van der Waals surface area contributed by atoms with Gasteiger partial charge in [-0.1, -0.05) is 28.1 Å². The summed E-state index contributed by atoms with van der Waals surface area (Å²) in [4.78, 5) is 11.6. The van der Waals surface area contributed by atoms with Crippen molar-refractivity contribution in [1.82, 2.24) is 15.3 Å². The van der Waals surface area contributed by atoms with Crippen LogP contribution in [0.1, 0.15) is 31.2 Å². The first-order valence-corrected chi connectivity index (χ1v) is 11.6. The van der Waals surface area contributed by atoms with Gasteiger partial charge in [0.2, 0.25) is 5.95 Å². The maximum atomic E-state index is 5.35. The van der Waals surface area contributed by atoms with Crippen LogP contribution in [0.15, 0.2) is 46.9 Å². The smallest absolute Gasteiger partial charge is 0.225 e. The van der Waals surface area contributed by atoms with E-state index in [1.54, 1.807) is 7.11 Å². The molecule has 0 unspecified atom stereocenters. The van der Waals surface area contributed by atoms with E-state index in [1.165, 1.54) is 5.56 Å². The minimum Gasteiger partial charge on any atom is -0.497 e. The number of fused-ring (bicyclic) bond motifs is 1. The highest BCUT2D eigenvalue weighted by Gasteiger charge is 2.22. The van der Waals surface area contributed by atoms with Gasteiger partial charge in [0.05, 0.1) is 12.6 Å². The van der Waals surface area contributed by atoms with Crippen LogP contribution in [0.4, 0.5) is 11.8 Å². The van der Waals surface area contributed by atoms with Crippen molar-refractivity contribution in [1.29, 1.82) is 0 Å². The lowest BCUT2D eigenvalue weighted by Gasteiger charge is -2.30. The highest BCUT2D eigenvalue weighted by Crippen LogP contribution is 2.27. The lowest BCUT2D eigenvalue weighted by atomic mass is 9.91. The molecule has 31 heavy (non-hydrogen) atoms. The van der Waals surface area contributed by atoms with E-state index in [1.807, 2.05) is 49.3 Å². The molecule has 1 aromatic heterocycles. The predicted molar refractivity (Wildman–Crippen MR) is 131 cm³/mol. The van der Waals surface area contributed by atoms with Crippen molar-refractivity contribution in [2.75, 3.05) is 31.4 Å². The normalized spacial score (nSPS) is 18.7. The van der Waals surface area contributed by atoms with E-state index in [0.29, 0.717) is 12.1 Å². The van der Waals surface area contributed by atoms with Crippen LogP contribution in [0.25, 0.3) is 10.9 Å². The summed E-state index contributed by atoms with van der Waals surface area (Å²) in [5.74, 6) is 2.56. The second kappa shape index (κ2) is 9.83. The fraction of sp³-hybridized carbons (Fsp3) is 0.417. The van der Waals surface area contributed by atoms with Crippen LogP contribution in [0, 0.1) is 0 Å². The molecule has 1 aliphatic rings. The summed E-state index contributed by atoms with van der Waals surface area (Å²) in [7, 11) is 5.75. The zero-order valence-corrected chi connectivity index (χ0v) is 19.9. The number of nitrogens with one attached hydrogen (secondary N) is 2. The number of benzene rings is 2. The molecule has 4 rings (SSSR count). The highest BCUT2D eigenvalue weighted by atomic mass is 79.9. The number of nitrogens with zero attached hydrogens (tertiary/aromatic N) is 3. The third-order valence-electron chi connectivity index (χ3n) is 5.90. The van der Waals surface area contributed by atoms with Gasteiger partial charge in [-0.15, -0.1) is 0 Å². The number of rotatable bonds is 7. The highest BCUT2D eigenvalue weighted by molar-refractivity contribution is 9.10. The zero-order valence-electron chi connectivity index (χ0n) is 18.4. The van der Waals surface area contributed by atoms with E-state index < -0.39 is 0 Å². The standard InChI is InChI=1S/C24H30BrN5O/c1-30(2)23-20-6-4-5-7-22(20)28-24(29-23)27-18-10-8-17(9-11-18)26-15-16-14-19(31-3)12-13-21(16)25/h4-7,12-14,17-18,26H,8-11,15H2,1-3H3,(H,27,28,29). The first-order chi connectivity index (χ1) is 15.0. The molecule has 0 saturated heterocycles. The molecule has 1 heterocycles. The van der Waals surface area contributed by atoms with E-state index in [0.717, 1.165) is 65.1 Å².